The Morgan fingerprint density at radius 1 is 1.11 bits per heavy atom. The molecule has 0 aliphatic rings. The molecule has 0 aliphatic heterocycles. The number of halogens is 1. The summed E-state index contributed by atoms with van der Waals surface area (Å²) >= 11 is 3.57. The standard InChI is InChI=1S/C14H26BrN3/c1-4-9-16-10-7-5-6-8-11-18-13(3)14(15)12(2)17-18/h16H,4-11H2,1-3H3. The van der Waals surface area contributed by atoms with Gasteiger partial charge >= 0.3 is 0 Å². The van der Waals surface area contributed by atoms with Gasteiger partial charge in [0.05, 0.1) is 10.2 Å². The summed E-state index contributed by atoms with van der Waals surface area (Å²) in [7, 11) is 0. The lowest BCUT2D eigenvalue weighted by Crippen LogP contribution is -2.15. The minimum absolute atomic E-state index is 1.04. The van der Waals surface area contributed by atoms with E-state index < -0.39 is 0 Å². The Morgan fingerprint density at radius 3 is 2.44 bits per heavy atom. The van der Waals surface area contributed by atoms with E-state index in [4.69, 9.17) is 0 Å². The summed E-state index contributed by atoms with van der Waals surface area (Å²) in [6, 6.07) is 0. The van der Waals surface area contributed by atoms with E-state index in [2.05, 4.69) is 44.9 Å². The van der Waals surface area contributed by atoms with Crippen molar-refractivity contribution < 1.29 is 0 Å². The quantitative estimate of drug-likeness (QED) is 0.702. The molecular weight excluding hydrogens is 290 g/mol. The molecule has 0 radical (unpaired) electrons. The maximum Gasteiger partial charge on any atom is 0.0738 e. The van der Waals surface area contributed by atoms with Crippen molar-refractivity contribution in [3.63, 3.8) is 0 Å². The fourth-order valence-corrected chi connectivity index (χ4v) is 2.34. The summed E-state index contributed by atoms with van der Waals surface area (Å²) in [5.74, 6) is 0. The van der Waals surface area contributed by atoms with Gasteiger partial charge < -0.3 is 5.32 Å². The molecule has 0 fully saturated rings. The average molecular weight is 316 g/mol. The number of nitrogens with zero attached hydrogens (tertiary/aromatic N) is 2. The van der Waals surface area contributed by atoms with Gasteiger partial charge in [-0.3, -0.25) is 4.68 Å². The Kier molecular flexibility index (Phi) is 7.59. The third kappa shape index (κ3) is 5.11. The number of aromatic nitrogens is 2. The third-order valence-corrected chi connectivity index (χ3v) is 4.34. The summed E-state index contributed by atoms with van der Waals surface area (Å²) in [6.07, 6.45) is 6.36. The molecule has 1 rings (SSSR count). The smallest absolute Gasteiger partial charge is 0.0738 e. The van der Waals surface area contributed by atoms with E-state index in [1.165, 1.54) is 44.3 Å². The zero-order valence-corrected chi connectivity index (χ0v) is 13.5. The number of hydrogen-bond donors (Lipinski definition) is 1. The van der Waals surface area contributed by atoms with Crippen LogP contribution in [0.15, 0.2) is 4.47 Å². The van der Waals surface area contributed by atoms with Crippen LogP contribution in [0.2, 0.25) is 0 Å². The van der Waals surface area contributed by atoms with Crippen molar-refractivity contribution in [3.05, 3.63) is 15.9 Å². The highest BCUT2D eigenvalue weighted by molar-refractivity contribution is 9.10. The van der Waals surface area contributed by atoms with Crippen LogP contribution in [0.25, 0.3) is 0 Å². The van der Waals surface area contributed by atoms with Gasteiger partial charge in [-0.2, -0.15) is 5.10 Å². The van der Waals surface area contributed by atoms with Gasteiger partial charge in [0.15, 0.2) is 0 Å². The largest absolute Gasteiger partial charge is 0.317 e. The Morgan fingerprint density at radius 2 is 1.83 bits per heavy atom. The van der Waals surface area contributed by atoms with E-state index in [0.717, 1.165) is 23.3 Å². The van der Waals surface area contributed by atoms with Crippen LogP contribution < -0.4 is 5.32 Å². The molecule has 1 heterocycles. The van der Waals surface area contributed by atoms with Crippen molar-refractivity contribution in [1.29, 1.82) is 0 Å². The first kappa shape index (κ1) is 15.7. The zero-order valence-electron chi connectivity index (χ0n) is 11.9. The van der Waals surface area contributed by atoms with Crippen molar-refractivity contribution in [2.45, 2.75) is 59.4 Å². The summed E-state index contributed by atoms with van der Waals surface area (Å²) < 4.78 is 3.28. The molecule has 0 unspecified atom stereocenters. The monoisotopic (exact) mass is 315 g/mol. The van der Waals surface area contributed by atoms with E-state index in [1.54, 1.807) is 0 Å². The Bertz CT molecular complexity index is 347. The van der Waals surface area contributed by atoms with E-state index in [1.807, 2.05) is 6.92 Å². The Labute approximate surface area is 119 Å². The molecule has 1 N–H and O–H groups in total. The highest BCUT2D eigenvalue weighted by Gasteiger charge is 2.07. The van der Waals surface area contributed by atoms with Crippen LogP contribution >= 0.6 is 15.9 Å². The highest BCUT2D eigenvalue weighted by Crippen LogP contribution is 2.20. The normalized spacial score (nSPS) is 11.1. The highest BCUT2D eigenvalue weighted by atomic mass is 79.9. The molecule has 0 aliphatic carbocycles. The molecule has 0 atom stereocenters. The van der Waals surface area contributed by atoms with E-state index in [-0.39, 0.29) is 0 Å². The lowest BCUT2D eigenvalue weighted by molar-refractivity contribution is 0.515. The second-order valence-corrected chi connectivity index (χ2v) is 5.67. The molecule has 0 amide bonds. The van der Waals surface area contributed by atoms with Crippen LogP contribution in [0, 0.1) is 13.8 Å². The van der Waals surface area contributed by atoms with Crippen LogP contribution in [-0.4, -0.2) is 22.9 Å². The topological polar surface area (TPSA) is 29.9 Å². The van der Waals surface area contributed by atoms with Crippen LogP contribution in [0.1, 0.15) is 50.4 Å². The molecular formula is C14H26BrN3. The number of aryl methyl sites for hydroxylation is 2. The van der Waals surface area contributed by atoms with Gasteiger partial charge in [-0.1, -0.05) is 19.8 Å². The third-order valence-electron chi connectivity index (χ3n) is 3.19. The summed E-state index contributed by atoms with van der Waals surface area (Å²) in [6.45, 7) is 9.74. The Balaban J connectivity index is 2.09. The van der Waals surface area contributed by atoms with Crippen LogP contribution in [-0.2, 0) is 6.54 Å². The van der Waals surface area contributed by atoms with Gasteiger partial charge in [-0.15, -0.1) is 0 Å². The van der Waals surface area contributed by atoms with Crippen molar-refractivity contribution in [2.24, 2.45) is 0 Å². The SMILES string of the molecule is CCCNCCCCCCn1nc(C)c(Br)c1C. The predicted octanol–water partition coefficient (Wildman–Crippen LogP) is 3.82. The summed E-state index contributed by atoms with van der Waals surface area (Å²) in [5.41, 5.74) is 2.34. The zero-order chi connectivity index (χ0) is 13.4. The second-order valence-electron chi connectivity index (χ2n) is 4.87. The van der Waals surface area contributed by atoms with Gasteiger partial charge in [0, 0.05) is 12.2 Å². The molecule has 0 bridgehead atoms. The van der Waals surface area contributed by atoms with Gasteiger partial charge in [-0.25, -0.2) is 0 Å². The first-order chi connectivity index (χ1) is 8.66. The molecule has 104 valence electrons. The van der Waals surface area contributed by atoms with Gasteiger partial charge in [0.25, 0.3) is 0 Å². The molecule has 18 heavy (non-hydrogen) atoms. The maximum atomic E-state index is 4.53. The molecule has 0 aromatic carbocycles. The number of rotatable bonds is 9. The summed E-state index contributed by atoms with van der Waals surface area (Å²) in [5, 5.41) is 7.97. The number of hydrogen-bond acceptors (Lipinski definition) is 2. The molecule has 4 heteroatoms. The molecule has 3 nitrogen and oxygen atoms in total. The molecule has 1 aromatic heterocycles. The maximum absolute atomic E-state index is 4.53. The first-order valence-corrected chi connectivity index (χ1v) is 7.86. The fraction of sp³-hybridized carbons (Fsp3) is 0.786. The molecule has 0 saturated carbocycles. The minimum Gasteiger partial charge on any atom is -0.317 e. The van der Waals surface area contributed by atoms with Gasteiger partial charge in [0.2, 0.25) is 0 Å². The number of unbranched alkanes of at least 4 members (excludes halogenated alkanes) is 3. The van der Waals surface area contributed by atoms with Crippen molar-refractivity contribution in [1.82, 2.24) is 15.1 Å². The molecule has 0 spiro atoms. The average Bonchev–Trinajstić information content (AvgIpc) is 2.60. The van der Waals surface area contributed by atoms with Crippen LogP contribution in [0.5, 0.6) is 0 Å². The second kappa shape index (κ2) is 8.70. The molecule has 1 aromatic rings. The Hall–Kier alpha value is -0.350. The van der Waals surface area contributed by atoms with Gasteiger partial charge in [-0.05, 0) is 62.1 Å². The van der Waals surface area contributed by atoms with Crippen molar-refractivity contribution in [2.75, 3.05) is 13.1 Å². The van der Waals surface area contributed by atoms with Gasteiger partial charge in [0.1, 0.15) is 0 Å². The summed E-state index contributed by atoms with van der Waals surface area (Å²) in [4.78, 5) is 0. The lowest BCUT2D eigenvalue weighted by Gasteiger charge is -2.05. The minimum atomic E-state index is 1.04. The lowest BCUT2D eigenvalue weighted by atomic mass is 10.2. The number of nitrogens with one attached hydrogen (secondary N) is 1. The van der Waals surface area contributed by atoms with Crippen molar-refractivity contribution in [3.8, 4) is 0 Å². The van der Waals surface area contributed by atoms with E-state index in [9.17, 15) is 0 Å². The van der Waals surface area contributed by atoms with E-state index >= 15 is 0 Å². The van der Waals surface area contributed by atoms with Crippen LogP contribution in [0.4, 0.5) is 0 Å². The molecule has 0 saturated heterocycles. The first-order valence-electron chi connectivity index (χ1n) is 7.07. The van der Waals surface area contributed by atoms with Crippen LogP contribution in [0.3, 0.4) is 0 Å². The van der Waals surface area contributed by atoms with E-state index in [0.29, 0.717) is 0 Å². The fourth-order valence-electron chi connectivity index (χ4n) is 2.06. The predicted molar refractivity (Wildman–Crippen MR) is 81.0 cm³/mol. The van der Waals surface area contributed by atoms with Crippen molar-refractivity contribution >= 4 is 15.9 Å².